The molecule has 0 aromatic heterocycles. The highest BCUT2D eigenvalue weighted by Crippen LogP contribution is 2.48. The molecule has 1 saturated carbocycles. The van der Waals surface area contributed by atoms with Gasteiger partial charge in [-0.3, -0.25) is 4.79 Å². The minimum atomic E-state index is -1.97. The zero-order chi connectivity index (χ0) is 15.8. The first-order valence-corrected chi connectivity index (χ1v) is 7.16. The van der Waals surface area contributed by atoms with Gasteiger partial charge in [-0.05, 0) is 43.0 Å². The molecule has 1 fully saturated rings. The van der Waals surface area contributed by atoms with E-state index >= 15 is 0 Å². The summed E-state index contributed by atoms with van der Waals surface area (Å²) in [7, 11) is 0. The van der Waals surface area contributed by atoms with Crippen LogP contribution in [0.3, 0.4) is 0 Å². The lowest BCUT2D eigenvalue weighted by Crippen LogP contribution is -2.47. The number of halogens is 2. The number of carboxylic acids is 1. The Bertz CT molecular complexity index is 568. The van der Waals surface area contributed by atoms with E-state index < -0.39 is 11.6 Å². The number of carboxylic acid groups (broad SMARTS) is 1. The minimum Gasteiger partial charge on any atom is -0.479 e. The predicted octanol–water partition coefficient (Wildman–Crippen LogP) is 2.05. The van der Waals surface area contributed by atoms with E-state index in [-0.39, 0.29) is 24.3 Å². The molecule has 0 aliphatic heterocycles. The van der Waals surface area contributed by atoms with Gasteiger partial charge in [-0.1, -0.05) is 23.2 Å². The van der Waals surface area contributed by atoms with Crippen LogP contribution in [0.1, 0.15) is 24.8 Å². The van der Waals surface area contributed by atoms with Crippen molar-refractivity contribution in [3.63, 3.8) is 0 Å². The fourth-order valence-corrected chi connectivity index (χ4v) is 2.65. The van der Waals surface area contributed by atoms with Crippen molar-refractivity contribution in [3.05, 3.63) is 33.8 Å². The number of nitrogens with one attached hydrogen (secondary N) is 1. The zero-order valence-corrected chi connectivity index (χ0v) is 12.8. The van der Waals surface area contributed by atoms with E-state index in [9.17, 15) is 14.7 Å². The second kappa shape index (κ2) is 5.83. The quantitative estimate of drug-likeness (QED) is 0.770. The highest BCUT2D eigenvalue weighted by molar-refractivity contribution is 6.34. The summed E-state index contributed by atoms with van der Waals surface area (Å²) in [6, 6.07) is 5.14. The summed E-state index contributed by atoms with van der Waals surface area (Å²) in [5, 5.41) is 21.8. The smallest absolute Gasteiger partial charge is 0.337 e. The second-order valence-electron chi connectivity index (χ2n) is 5.45. The third-order valence-electron chi connectivity index (χ3n) is 3.51. The molecule has 0 radical (unpaired) electrons. The van der Waals surface area contributed by atoms with Gasteiger partial charge in [0.2, 0.25) is 5.91 Å². The van der Waals surface area contributed by atoms with E-state index in [1.165, 1.54) is 0 Å². The Balaban J connectivity index is 1.94. The summed E-state index contributed by atoms with van der Waals surface area (Å²) in [4.78, 5) is 22.7. The zero-order valence-electron chi connectivity index (χ0n) is 11.3. The molecule has 0 saturated heterocycles. The summed E-state index contributed by atoms with van der Waals surface area (Å²) < 4.78 is 0. The summed E-state index contributed by atoms with van der Waals surface area (Å²) >= 11 is 11.8. The molecule has 1 amide bonds. The standard InChI is InChI=1S/C14H15Cl2NO4/c1-14(21,13(19)20)6-17-12(18)11-5-10(11)7-2-8(15)4-9(16)3-7/h2-4,10-11,21H,5-6H2,1H3,(H,17,18)(H,19,20). The summed E-state index contributed by atoms with van der Waals surface area (Å²) in [5.74, 6) is -1.88. The van der Waals surface area contributed by atoms with Crippen LogP contribution in [0.15, 0.2) is 18.2 Å². The van der Waals surface area contributed by atoms with E-state index in [0.717, 1.165) is 12.5 Å². The monoisotopic (exact) mass is 331 g/mol. The third-order valence-corrected chi connectivity index (χ3v) is 3.94. The Labute approximate surface area is 131 Å². The molecule has 3 N–H and O–H groups in total. The van der Waals surface area contributed by atoms with E-state index in [2.05, 4.69) is 5.32 Å². The number of rotatable bonds is 5. The van der Waals surface area contributed by atoms with Crippen LogP contribution in [0.5, 0.6) is 0 Å². The SMILES string of the molecule is CC(O)(CNC(=O)C1CC1c1cc(Cl)cc(Cl)c1)C(=O)O. The van der Waals surface area contributed by atoms with Gasteiger partial charge in [0.15, 0.2) is 5.60 Å². The lowest BCUT2D eigenvalue weighted by molar-refractivity contribution is -0.156. The van der Waals surface area contributed by atoms with Crippen molar-refractivity contribution in [3.8, 4) is 0 Å². The number of amides is 1. The average Bonchev–Trinajstić information content (AvgIpc) is 3.15. The van der Waals surface area contributed by atoms with Crippen LogP contribution in [-0.4, -0.2) is 34.2 Å². The van der Waals surface area contributed by atoms with E-state index in [0.29, 0.717) is 16.5 Å². The molecular formula is C14H15Cl2NO4. The van der Waals surface area contributed by atoms with Gasteiger partial charge in [-0.2, -0.15) is 0 Å². The van der Waals surface area contributed by atoms with E-state index in [4.69, 9.17) is 28.3 Å². The second-order valence-corrected chi connectivity index (χ2v) is 6.32. The van der Waals surface area contributed by atoms with Crippen LogP contribution in [0.4, 0.5) is 0 Å². The van der Waals surface area contributed by atoms with Crippen molar-refractivity contribution >= 4 is 35.1 Å². The van der Waals surface area contributed by atoms with Crippen molar-refractivity contribution in [2.45, 2.75) is 24.9 Å². The molecule has 21 heavy (non-hydrogen) atoms. The Morgan fingerprint density at radius 1 is 1.33 bits per heavy atom. The van der Waals surface area contributed by atoms with Gasteiger partial charge in [0.05, 0.1) is 6.54 Å². The highest BCUT2D eigenvalue weighted by atomic mass is 35.5. The topological polar surface area (TPSA) is 86.6 Å². The molecule has 7 heteroatoms. The number of hydrogen-bond acceptors (Lipinski definition) is 3. The number of aliphatic hydroxyl groups is 1. The summed E-state index contributed by atoms with van der Waals surface area (Å²) in [5.41, 5.74) is -1.09. The van der Waals surface area contributed by atoms with Crippen molar-refractivity contribution in [1.29, 1.82) is 0 Å². The number of hydrogen-bond donors (Lipinski definition) is 3. The molecule has 114 valence electrons. The largest absolute Gasteiger partial charge is 0.479 e. The first kappa shape index (κ1) is 16.1. The van der Waals surface area contributed by atoms with Gasteiger partial charge in [0.1, 0.15) is 0 Å². The molecule has 5 nitrogen and oxygen atoms in total. The van der Waals surface area contributed by atoms with Crippen molar-refractivity contribution in [2.24, 2.45) is 5.92 Å². The summed E-state index contributed by atoms with van der Waals surface area (Å²) in [6.45, 7) is 0.803. The Morgan fingerprint density at radius 2 is 1.90 bits per heavy atom. The fraction of sp³-hybridized carbons (Fsp3) is 0.429. The molecule has 1 aliphatic rings. The van der Waals surface area contributed by atoms with Crippen molar-refractivity contribution in [2.75, 3.05) is 6.54 Å². The number of carbonyl (C=O) groups excluding carboxylic acids is 1. The highest BCUT2D eigenvalue weighted by Gasteiger charge is 2.44. The molecule has 1 aromatic rings. The average molecular weight is 332 g/mol. The number of carbonyl (C=O) groups is 2. The van der Waals surface area contributed by atoms with E-state index in [1.807, 2.05) is 0 Å². The molecule has 1 aliphatic carbocycles. The Kier molecular flexibility index (Phi) is 4.46. The summed E-state index contributed by atoms with van der Waals surface area (Å²) in [6.07, 6.45) is 0.651. The molecule has 3 atom stereocenters. The van der Waals surface area contributed by atoms with Gasteiger partial charge in [-0.25, -0.2) is 4.79 Å². The van der Waals surface area contributed by atoms with Gasteiger partial charge in [0, 0.05) is 16.0 Å². The van der Waals surface area contributed by atoms with Crippen LogP contribution in [-0.2, 0) is 9.59 Å². The first-order chi connectivity index (χ1) is 9.70. The van der Waals surface area contributed by atoms with Crippen LogP contribution in [0.25, 0.3) is 0 Å². The molecule has 0 heterocycles. The normalized spacial score (nSPS) is 23.2. The van der Waals surface area contributed by atoms with Gasteiger partial charge in [0.25, 0.3) is 0 Å². The van der Waals surface area contributed by atoms with Crippen LogP contribution >= 0.6 is 23.2 Å². The first-order valence-electron chi connectivity index (χ1n) is 6.40. The molecule has 0 spiro atoms. The van der Waals surface area contributed by atoms with Gasteiger partial charge >= 0.3 is 5.97 Å². The fourth-order valence-electron chi connectivity index (χ4n) is 2.11. The maximum atomic E-state index is 11.9. The lowest BCUT2D eigenvalue weighted by atomic mass is 10.1. The minimum absolute atomic E-state index is 0.0241. The lowest BCUT2D eigenvalue weighted by Gasteiger charge is -2.18. The van der Waals surface area contributed by atoms with Crippen LogP contribution < -0.4 is 5.32 Å². The van der Waals surface area contributed by atoms with Gasteiger partial charge in [-0.15, -0.1) is 0 Å². The van der Waals surface area contributed by atoms with Crippen LogP contribution in [0, 0.1) is 5.92 Å². The van der Waals surface area contributed by atoms with Crippen LogP contribution in [0.2, 0.25) is 10.0 Å². The maximum Gasteiger partial charge on any atom is 0.337 e. The molecule has 2 rings (SSSR count). The number of aliphatic carboxylic acids is 1. The molecule has 1 aromatic carbocycles. The van der Waals surface area contributed by atoms with Crippen molar-refractivity contribution < 1.29 is 19.8 Å². The molecular weight excluding hydrogens is 317 g/mol. The Morgan fingerprint density at radius 3 is 2.43 bits per heavy atom. The van der Waals surface area contributed by atoms with E-state index in [1.54, 1.807) is 18.2 Å². The predicted molar refractivity (Wildman–Crippen MR) is 78.6 cm³/mol. The Hall–Kier alpha value is -1.30. The molecule has 3 unspecified atom stereocenters. The maximum absolute atomic E-state index is 11.9. The van der Waals surface area contributed by atoms with Crippen molar-refractivity contribution in [1.82, 2.24) is 5.32 Å². The third kappa shape index (κ3) is 3.87. The molecule has 0 bridgehead atoms. The van der Waals surface area contributed by atoms with Gasteiger partial charge < -0.3 is 15.5 Å². The number of benzene rings is 1.